The molecule has 0 unspecified atom stereocenters. The van der Waals surface area contributed by atoms with Crippen molar-refractivity contribution in [1.29, 1.82) is 0 Å². The Balaban J connectivity index is 1.68. The fourth-order valence-electron chi connectivity index (χ4n) is 2.90. The van der Waals surface area contributed by atoms with Crippen LogP contribution in [0.15, 0.2) is 29.4 Å². The van der Waals surface area contributed by atoms with Gasteiger partial charge < -0.3 is 9.30 Å². The van der Waals surface area contributed by atoms with Crippen molar-refractivity contribution < 1.29 is 13.9 Å². The Labute approximate surface area is 163 Å². The normalized spacial score (nSPS) is 15.4. The van der Waals surface area contributed by atoms with E-state index in [0.29, 0.717) is 11.5 Å². The van der Waals surface area contributed by atoms with E-state index in [1.54, 1.807) is 0 Å². The highest BCUT2D eigenvalue weighted by atomic mass is 32.2. The fourth-order valence-corrected chi connectivity index (χ4v) is 3.76. The first kappa shape index (κ1) is 20.0. The number of hydrogen-bond acceptors (Lipinski definition) is 6. The van der Waals surface area contributed by atoms with Crippen molar-refractivity contribution in [3.8, 4) is 0 Å². The van der Waals surface area contributed by atoms with Crippen LogP contribution in [0.25, 0.3) is 0 Å². The van der Waals surface area contributed by atoms with Crippen LogP contribution in [0.1, 0.15) is 30.0 Å². The maximum absolute atomic E-state index is 13.0. The number of carbonyl (C=O) groups is 1. The van der Waals surface area contributed by atoms with Crippen molar-refractivity contribution in [3.63, 3.8) is 0 Å². The van der Waals surface area contributed by atoms with Crippen LogP contribution in [0.2, 0.25) is 0 Å². The predicted octanol–water partition coefficient (Wildman–Crippen LogP) is 2.88. The average molecular weight is 393 g/mol. The summed E-state index contributed by atoms with van der Waals surface area (Å²) in [4.78, 5) is 14.7. The van der Waals surface area contributed by atoms with E-state index in [2.05, 4.69) is 33.5 Å². The zero-order valence-electron chi connectivity index (χ0n) is 15.7. The number of thioether (sulfide) groups is 1. The summed E-state index contributed by atoms with van der Waals surface area (Å²) in [6.07, 6.45) is 0. The molecule has 1 aliphatic heterocycles. The molecule has 27 heavy (non-hydrogen) atoms. The molecule has 0 N–H and O–H groups in total. The van der Waals surface area contributed by atoms with Crippen LogP contribution in [0.3, 0.4) is 0 Å². The Bertz CT molecular complexity index is 758. The van der Waals surface area contributed by atoms with Gasteiger partial charge in [0.05, 0.1) is 25.5 Å². The monoisotopic (exact) mass is 392 g/mol. The van der Waals surface area contributed by atoms with Crippen molar-refractivity contribution >= 4 is 17.5 Å². The molecule has 8 heteroatoms. The first-order valence-corrected chi connectivity index (χ1v) is 10.1. The minimum absolute atomic E-state index is 0.0474. The number of halogens is 1. The second-order valence-electron chi connectivity index (χ2n) is 7.01. The molecule has 1 saturated heterocycles. The smallest absolute Gasteiger partial charge is 0.191 e. The van der Waals surface area contributed by atoms with Gasteiger partial charge in [0.2, 0.25) is 0 Å². The summed E-state index contributed by atoms with van der Waals surface area (Å²) in [5.41, 5.74) is 0.507. The average Bonchev–Trinajstić information content (AvgIpc) is 3.02. The number of ether oxygens (including phenoxy) is 1. The van der Waals surface area contributed by atoms with Crippen LogP contribution in [0.5, 0.6) is 0 Å². The third-order valence-corrected chi connectivity index (χ3v) is 5.28. The molecule has 1 fully saturated rings. The summed E-state index contributed by atoms with van der Waals surface area (Å²) in [5.74, 6) is 1.22. The van der Waals surface area contributed by atoms with Gasteiger partial charge in [0.15, 0.2) is 10.9 Å². The van der Waals surface area contributed by atoms with Crippen LogP contribution < -0.4 is 0 Å². The Morgan fingerprint density at radius 3 is 2.59 bits per heavy atom. The van der Waals surface area contributed by atoms with E-state index in [1.165, 1.54) is 36.0 Å². The van der Waals surface area contributed by atoms with Gasteiger partial charge in [0.1, 0.15) is 11.6 Å². The highest BCUT2D eigenvalue weighted by Gasteiger charge is 2.19. The van der Waals surface area contributed by atoms with Crippen molar-refractivity contribution in [2.45, 2.75) is 32.1 Å². The van der Waals surface area contributed by atoms with E-state index in [9.17, 15) is 9.18 Å². The molecule has 1 aromatic heterocycles. The van der Waals surface area contributed by atoms with E-state index in [1.807, 2.05) is 0 Å². The summed E-state index contributed by atoms with van der Waals surface area (Å²) in [7, 11) is 0. The van der Waals surface area contributed by atoms with Crippen LogP contribution >= 0.6 is 11.8 Å². The van der Waals surface area contributed by atoms with Gasteiger partial charge in [-0.3, -0.25) is 9.69 Å². The van der Waals surface area contributed by atoms with Gasteiger partial charge in [-0.15, -0.1) is 10.2 Å². The molecule has 2 aromatic rings. The molecular formula is C19H25FN4O2S. The van der Waals surface area contributed by atoms with Crippen LogP contribution in [-0.2, 0) is 17.8 Å². The van der Waals surface area contributed by atoms with E-state index >= 15 is 0 Å². The first-order valence-electron chi connectivity index (χ1n) is 9.16. The number of morpholine rings is 1. The van der Waals surface area contributed by atoms with Crippen LogP contribution in [0.4, 0.5) is 4.39 Å². The van der Waals surface area contributed by atoms with Crippen LogP contribution in [-0.4, -0.2) is 57.5 Å². The zero-order chi connectivity index (χ0) is 19.2. The molecule has 0 spiro atoms. The molecular weight excluding hydrogens is 367 g/mol. The molecule has 6 nitrogen and oxygen atoms in total. The van der Waals surface area contributed by atoms with E-state index < -0.39 is 0 Å². The molecule has 0 radical (unpaired) electrons. The number of carbonyl (C=O) groups excluding carboxylic acids is 1. The fraction of sp³-hybridized carbons (Fsp3) is 0.526. The van der Waals surface area contributed by atoms with Gasteiger partial charge >= 0.3 is 0 Å². The summed E-state index contributed by atoms with van der Waals surface area (Å²) < 4.78 is 20.5. The third kappa shape index (κ3) is 5.60. The summed E-state index contributed by atoms with van der Waals surface area (Å²) in [5, 5.41) is 9.45. The van der Waals surface area contributed by atoms with Gasteiger partial charge in [-0.2, -0.15) is 0 Å². The van der Waals surface area contributed by atoms with Gasteiger partial charge in [-0.1, -0.05) is 25.6 Å². The summed E-state index contributed by atoms with van der Waals surface area (Å²) in [6.45, 7) is 9.10. The van der Waals surface area contributed by atoms with Crippen molar-refractivity contribution in [2.75, 3.05) is 32.1 Å². The second kappa shape index (κ2) is 9.43. The molecule has 3 rings (SSSR count). The lowest BCUT2D eigenvalue weighted by atomic mass is 10.1. The molecule has 146 valence electrons. The van der Waals surface area contributed by atoms with Gasteiger partial charge in [-0.25, -0.2) is 4.39 Å². The molecule has 2 heterocycles. The highest BCUT2D eigenvalue weighted by Crippen LogP contribution is 2.21. The van der Waals surface area contributed by atoms with Gasteiger partial charge in [0.25, 0.3) is 0 Å². The maximum Gasteiger partial charge on any atom is 0.191 e. The van der Waals surface area contributed by atoms with Crippen LogP contribution in [0, 0.1) is 11.7 Å². The van der Waals surface area contributed by atoms with Crippen molar-refractivity contribution in [3.05, 3.63) is 41.5 Å². The Kier molecular flexibility index (Phi) is 6.98. The van der Waals surface area contributed by atoms with E-state index in [0.717, 1.165) is 50.4 Å². The predicted molar refractivity (Wildman–Crippen MR) is 102 cm³/mol. The zero-order valence-corrected chi connectivity index (χ0v) is 16.5. The molecule has 0 aliphatic carbocycles. The second-order valence-corrected chi connectivity index (χ2v) is 7.95. The van der Waals surface area contributed by atoms with Gasteiger partial charge in [-0.05, 0) is 30.2 Å². The number of benzene rings is 1. The van der Waals surface area contributed by atoms with Crippen molar-refractivity contribution in [1.82, 2.24) is 19.7 Å². The number of ketones is 1. The van der Waals surface area contributed by atoms with E-state index in [4.69, 9.17) is 4.74 Å². The SMILES string of the molecule is CC(C)Cn1c(CN2CCOCC2)nnc1SCC(=O)c1ccc(F)cc1. The number of Topliss-reactive ketones (excluding diaryl/α,β-unsaturated/α-hetero) is 1. The highest BCUT2D eigenvalue weighted by molar-refractivity contribution is 7.99. The summed E-state index contributed by atoms with van der Waals surface area (Å²) in [6, 6.07) is 5.64. The lowest BCUT2D eigenvalue weighted by Gasteiger charge is -2.26. The maximum atomic E-state index is 13.0. The minimum atomic E-state index is -0.344. The molecule has 1 aliphatic rings. The number of rotatable bonds is 8. The van der Waals surface area contributed by atoms with Gasteiger partial charge in [0, 0.05) is 25.2 Å². The standard InChI is InChI=1S/C19H25FN4O2S/c1-14(2)11-24-18(12-23-7-9-26-10-8-23)21-22-19(24)27-13-17(25)15-3-5-16(20)6-4-15/h3-6,14H,7-13H2,1-2H3. The lowest BCUT2D eigenvalue weighted by Crippen LogP contribution is -2.36. The lowest BCUT2D eigenvalue weighted by molar-refractivity contribution is 0.0324. The molecule has 0 atom stereocenters. The minimum Gasteiger partial charge on any atom is -0.379 e. The van der Waals surface area contributed by atoms with E-state index in [-0.39, 0.29) is 17.4 Å². The number of nitrogens with zero attached hydrogens (tertiary/aromatic N) is 4. The Morgan fingerprint density at radius 2 is 1.93 bits per heavy atom. The topological polar surface area (TPSA) is 60.2 Å². The largest absolute Gasteiger partial charge is 0.379 e. The molecule has 1 aromatic carbocycles. The molecule has 0 bridgehead atoms. The Morgan fingerprint density at radius 1 is 1.22 bits per heavy atom. The third-order valence-electron chi connectivity index (χ3n) is 4.31. The quantitative estimate of drug-likeness (QED) is 0.509. The first-order chi connectivity index (χ1) is 13.0. The number of aromatic nitrogens is 3. The summed E-state index contributed by atoms with van der Waals surface area (Å²) >= 11 is 1.38. The number of hydrogen-bond donors (Lipinski definition) is 0. The molecule has 0 saturated carbocycles. The van der Waals surface area contributed by atoms with Crippen molar-refractivity contribution in [2.24, 2.45) is 5.92 Å². The molecule has 0 amide bonds. The Hall–Kier alpha value is -1.77.